The minimum absolute atomic E-state index is 1.29. The molecule has 1 aliphatic carbocycles. The predicted molar refractivity (Wildman–Crippen MR) is 61.5 cm³/mol. The Balaban J connectivity index is 1.98. The molecule has 14 heavy (non-hydrogen) atoms. The average molecular weight is 193 g/mol. The fourth-order valence-corrected chi connectivity index (χ4v) is 2.75. The highest BCUT2D eigenvalue weighted by Gasteiger charge is 2.15. The number of nitrogens with zero attached hydrogens (tertiary/aromatic N) is 1. The van der Waals surface area contributed by atoms with Crippen molar-refractivity contribution in [3.05, 3.63) is 11.1 Å². The standard InChI is InChI=1S/C13H23N/c1-14-10-8-13(9-11-14)12-6-4-2-3-5-7-12/h2-11H2,1H3. The van der Waals surface area contributed by atoms with Crippen LogP contribution >= 0.6 is 0 Å². The molecule has 0 aromatic carbocycles. The van der Waals surface area contributed by atoms with E-state index in [4.69, 9.17) is 0 Å². The molecule has 0 unspecified atom stereocenters. The van der Waals surface area contributed by atoms with Crippen LogP contribution in [0.1, 0.15) is 51.4 Å². The Hall–Kier alpha value is -0.300. The lowest BCUT2D eigenvalue weighted by atomic mass is 9.94. The van der Waals surface area contributed by atoms with Gasteiger partial charge in [0.05, 0.1) is 0 Å². The van der Waals surface area contributed by atoms with Gasteiger partial charge in [0.2, 0.25) is 0 Å². The van der Waals surface area contributed by atoms with Crippen LogP contribution < -0.4 is 0 Å². The molecule has 0 radical (unpaired) electrons. The van der Waals surface area contributed by atoms with Crippen LogP contribution in [0.5, 0.6) is 0 Å². The van der Waals surface area contributed by atoms with Gasteiger partial charge in [0.15, 0.2) is 0 Å². The van der Waals surface area contributed by atoms with Crippen molar-refractivity contribution >= 4 is 0 Å². The number of likely N-dealkylation sites (tertiary alicyclic amines) is 1. The molecular formula is C13H23N. The molecule has 0 aromatic rings. The van der Waals surface area contributed by atoms with Crippen LogP contribution in [0.25, 0.3) is 0 Å². The highest BCUT2D eigenvalue weighted by Crippen LogP contribution is 2.29. The Morgan fingerprint density at radius 1 is 0.714 bits per heavy atom. The molecule has 0 amide bonds. The van der Waals surface area contributed by atoms with Gasteiger partial charge < -0.3 is 4.90 Å². The average Bonchev–Trinajstić information content (AvgIpc) is 2.47. The van der Waals surface area contributed by atoms with E-state index in [0.29, 0.717) is 0 Å². The van der Waals surface area contributed by atoms with Crippen LogP contribution in [0.3, 0.4) is 0 Å². The monoisotopic (exact) mass is 193 g/mol. The summed E-state index contributed by atoms with van der Waals surface area (Å²) in [7, 11) is 2.24. The van der Waals surface area contributed by atoms with Gasteiger partial charge in [0, 0.05) is 13.1 Å². The van der Waals surface area contributed by atoms with Crippen LogP contribution in [-0.2, 0) is 0 Å². The van der Waals surface area contributed by atoms with E-state index in [-0.39, 0.29) is 0 Å². The van der Waals surface area contributed by atoms with E-state index in [1.54, 1.807) is 0 Å². The summed E-state index contributed by atoms with van der Waals surface area (Å²) in [5, 5.41) is 0. The Morgan fingerprint density at radius 3 is 1.79 bits per heavy atom. The van der Waals surface area contributed by atoms with Crippen LogP contribution in [0.2, 0.25) is 0 Å². The summed E-state index contributed by atoms with van der Waals surface area (Å²) in [5.41, 5.74) is 3.67. The Morgan fingerprint density at radius 2 is 1.21 bits per heavy atom. The van der Waals surface area contributed by atoms with E-state index in [9.17, 15) is 0 Å². The number of allylic oxidation sites excluding steroid dienone is 1. The molecule has 1 heteroatoms. The van der Waals surface area contributed by atoms with Gasteiger partial charge in [-0.1, -0.05) is 24.0 Å². The van der Waals surface area contributed by atoms with E-state index in [0.717, 1.165) is 0 Å². The van der Waals surface area contributed by atoms with Crippen molar-refractivity contribution in [1.82, 2.24) is 4.90 Å². The summed E-state index contributed by atoms with van der Waals surface area (Å²) in [5.74, 6) is 0. The zero-order valence-corrected chi connectivity index (χ0v) is 9.52. The zero-order valence-electron chi connectivity index (χ0n) is 9.52. The second-order valence-corrected chi connectivity index (χ2v) is 4.92. The number of hydrogen-bond donors (Lipinski definition) is 0. The SMILES string of the molecule is CN1CCC(=C2CCCCCC2)CC1. The molecule has 1 aliphatic heterocycles. The first kappa shape index (κ1) is 10.2. The molecule has 2 fully saturated rings. The van der Waals surface area contributed by atoms with E-state index in [1.165, 1.54) is 64.5 Å². The smallest absolute Gasteiger partial charge is 0.00158 e. The summed E-state index contributed by atoms with van der Waals surface area (Å²) in [4.78, 5) is 2.46. The van der Waals surface area contributed by atoms with E-state index in [2.05, 4.69) is 11.9 Å². The first-order valence-corrected chi connectivity index (χ1v) is 6.24. The third-order valence-corrected chi connectivity index (χ3v) is 3.80. The molecule has 2 rings (SSSR count). The van der Waals surface area contributed by atoms with Gasteiger partial charge in [-0.3, -0.25) is 0 Å². The first-order chi connectivity index (χ1) is 6.86. The minimum Gasteiger partial charge on any atom is -0.306 e. The van der Waals surface area contributed by atoms with Crippen molar-refractivity contribution in [1.29, 1.82) is 0 Å². The lowest BCUT2D eigenvalue weighted by Gasteiger charge is -2.26. The summed E-state index contributed by atoms with van der Waals surface area (Å²) in [6.07, 6.45) is 11.4. The second-order valence-electron chi connectivity index (χ2n) is 4.92. The van der Waals surface area contributed by atoms with Gasteiger partial charge in [-0.25, -0.2) is 0 Å². The van der Waals surface area contributed by atoms with Crippen LogP contribution in [0.4, 0.5) is 0 Å². The summed E-state index contributed by atoms with van der Waals surface area (Å²) in [6, 6.07) is 0. The van der Waals surface area contributed by atoms with Crippen molar-refractivity contribution in [2.75, 3.05) is 20.1 Å². The van der Waals surface area contributed by atoms with Crippen molar-refractivity contribution in [3.63, 3.8) is 0 Å². The normalized spacial score (nSPS) is 26.4. The maximum Gasteiger partial charge on any atom is 0.00158 e. The topological polar surface area (TPSA) is 3.24 Å². The summed E-state index contributed by atoms with van der Waals surface area (Å²) in [6.45, 7) is 2.58. The van der Waals surface area contributed by atoms with Crippen molar-refractivity contribution < 1.29 is 0 Å². The van der Waals surface area contributed by atoms with E-state index in [1.807, 2.05) is 11.1 Å². The lowest BCUT2D eigenvalue weighted by molar-refractivity contribution is 0.310. The summed E-state index contributed by atoms with van der Waals surface area (Å²) >= 11 is 0. The summed E-state index contributed by atoms with van der Waals surface area (Å²) < 4.78 is 0. The highest BCUT2D eigenvalue weighted by molar-refractivity contribution is 5.17. The minimum atomic E-state index is 1.29. The fourth-order valence-electron chi connectivity index (χ4n) is 2.75. The third kappa shape index (κ3) is 2.60. The molecule has 0 aromatic heterocycles. The van der Waals surface area contributed by atoms with Crippen LogP contribution in [0.15, 0.2) is 11.1 Å². The molecule has 1 nitrogen and oxygen atoms in total. The lowest BCUT2D eigenvalue weighted by Crippen LogP contribution is -2.26. The molecule has 1 heterocycles. The number of rotatable bonds is 0. The molecule has 1 saturated heterocycles. The number of hydrogen-bond acceptors (Lipinski definition) is 1. The quantitative estimate of drug-likeness (QED) is 0.421. The Bertz CT molecular complexity index is 197. The molecule has 0 N–H and O–H groups in total. The maximum atomic E-state index is 2.46. The van der Waals surface area contributed by atoms with Crippen molar-refractivity contribution in [2.45, 2.75) is 51.4 Å². The zero-order chi connectivity index (χ0) is 9.80. The van der Waals surface area contributed by atoms with E-state index < -0.39 is 0 Å². The van der Waals surface area contributed by atoms with Gasteiger partial charge in [-0.15, -0.1) is 0 Å². The fraction of sp³-hybridized carbons (Fsp3) is 0.846. The van der Waals surface area contributed by atoms with Gasteiger partial charge in [-0.2, -0.15) is 0 Å². The number of piperidine rings is 1. The van der Waals surface area contributed by atoms with Gasteiger partial charge >= 0.3 is 0 Å². The highest BCUT2D eigenvalue weighted by atomic mass is 15.1. The van der Waals surface area contributed by atoms with Crippen molar-refractivity contribution in [3.8, 4) is 0 Å². The van der Waals surface area contributed by atoms with E-state index >= 15 is 0 Å². The molecule has 0 bridgehead atoms. The predicted octanol–water partition coefficient (Wildman–Crippen LogP) is 3.36. The maximum absolute atomic E-state index is 2.46. The second kappa shape index (κ2) is 4.97. The van der Waals surface area contributed by atoms with Crippen molar-refractivity contribution in [2.24, 2.45) is 0 Å². The molecule has 1 saturated carbocycles. The molecule has 80 valence electrons. The van der Waals surface area contributed by atoms with Crippen LogP contribution in [-0.4, -0.2) is 25.0 Å². The van der Waals surface area contributed by atoms with Crippen LogP contribution in [0, 0.1) is 0 Å². The molecule has 0 atom stereocenters. The largest absolute Gasteiger partial charge is 0.306 e. The Kier molecular flexibility index (Phi) is 3.63. The van der Waals surface area contributed by atoms with Gasteiger partial charge in [0.25, 0.3) is 0 Å². The van der Waals surface area contributed by atoms with Gasteiger partial charge in [-0.05, 0) is 45.6 Å². The molecule has 2 aliphatic rings. The molecular weight excluding hydrogens is 170 g/mol. The third-order valence-electron chi connectivity index (χ3n) is 3.80. The Labute approximate surface area is 88.2 Å². The first-order valence-electron chi connectivity index (χ1n) is 6.24. The molecule has 0 spiro atoms. The van der Waals surface area contributed by atoms with Gasteiger partial charge in [0.1, 0.15) is 0 Å².